The maximum Gasteiger partial charge on any atom is 0.240 e. The normalized spacial score (nSPS) is 15.2. The van der Waals surface area contributed by atoms with Crippen molar-refractivity contribution in [3.8, 4) is 0 Å². The third-order valence-electron chi connectivity index (χ3n) is 4.47. The Bertz CT molecular complexity index is 1050. The zero-order valence-corrected chi connectivity index (χ0v) is 15.5. The smallest absolute Gasteiger partial charge is 0.240 e. The van der Waals surface area contributed by atoms with Crippen LogP contribution in [0.25, 0.3) is 10.8 Å². The van der Waals surface area contributed by atoms with E-state index in [1.165, 1.54) is 0 Å². The predicted molar refractivity (Wildman–Crippen MR) is 103 cm³/mol. The quantitative estimate of drug-likeness (QED) is 0.724. The molecule has 4 rings (SSSR count). The van der Waals surface area contributed by atoms with Crippen LogP contribution in [0.1, 0.15) is 5.69 Å². The summed E-state index contributed by atoms with van der Waals surface area (Å²) >= 11 is 0. The van der Waals surface area contributed by atoms with Crippen LogP contribution >= 0.6 is 0 Å². The van der Waals surface area contributed by atoms with Gasteiger partial charge in [0.2, 0.25) is 16.0 Å². The lowest BCUT2D eigenvalue weighted by atomic mass is 10.1. The number of aromatic nitrogens is 2. The monoisotopic (exact) mass is 384 g/mol. The first-order valence-corrected chi connectivity index (χ1v) is 10.2. The summed E-state index contributed by atoms with van der Waals surface area (Å²) in [6.45, 7) is 2.85. The molecule has 1 aromatic heterocycles. The fraction of sp³-hybridized carbons (Fsp3) is 0.263. The summed E-state index contributed by atoms with van der Waals surface area (Å²) in [5.41, 5.74) is 0.621. The minimum atomic E-state index is -3.63. The van der Waals surface area contributed by atoms with Crippen LogP contribution in [0.2, 0.25) is 0 Å². The van der Waals surface area contributed by atoms with E-state index in [9.17, 15) is 8.42 Å². The average molecular weight is 384 g/mol. The molecule has 1 fully saturated rings. The molecule has 0 radical (unpaired) electrons. The molecule has 0 amide bonds. The molecule has 0 atom stereocenters. The molecule has 3 aromatic rings. The van der Waals surface area contributed by atoms with Gasteiger partial charge in [-0.05, 0) is 29.0 Å². The summed E-state index contributed by atoms with van der Waals surface area (Å²) in [5.74, 6) is 0.598. The van der Waals surface area contributed by atoms with Crippen molar-refractivity contribution in [2.45, 2.75) is 11.4 Å². The number of sulfonamides is 1. The molecule has 0 bridgehead atoms. The van der Waals surface area contributed by atoms with E-state index in [0.717, 1.165) is 23.9 Å². The molecule has 2 heterocycles. The zero-order valence-electron chi connectivity index (χ0n) is 14.7. The minimum Gasteiger partial charge on any atom is -0.378 e. The van der Waals surface area contributed by atoms with E-state index >= 15 is 0 Å². The number of ether oxygens (including phenoxy) is 1. The number of nitrogens with zero attached hydrogens (tertiary/aromatic N) is 3. The van der Waals surface area contributed by atoms with Crippen molar-refractivity contribution in [3.05, 3.63) is 60.4 Å². The fourth-order valence-corrected chi connectivity index (χ4v) is 4.02. The van der Waals surface area contributed by atoms with E-state index in [1.807, 2.05) is 35.2 Å². The lowest BCUT2D eigenvalue weighted by Gasteiger charge is -2.26. The van der Waals surface area contributed by atoms with Crippen LogP contribution in [0.4, 0.5) is 5.95 Å². The first kappa shape index (κ1) is 17.8. The fourth-order valence-electron chi connectivity index (χ4n) is 2.99. The zero-order chi connectivity index (χ0) is 18.7. The number of morpholine rings is 1. The third-order valence-corrected chi connectivity index (χ3v) is 5.87. The molecule has 1 saturated heterocycles. The predicted octanol–water partition coefficient (Wildman–Crippen LogP) is 1.94. The summed E-state index contributed by atoms with van der Waals surface area (Å²) in [5, 5.41) is 1.89. The summed E-state index contributed by atoms with van der Waals surface area (Å²) in [7, 11) is -3.63. The number of nitrogens with one attached hydrogen (secondary N) is 1. The number of anilines is 1. The Hall–Kier alpha value is -2.55. The molecule has 7 nitrogen and oxygen atoms in total. The highest BCUT2D eigenvalue weighted by molar-refractivity contribution is 7.89. The van der Waals surface area contributed by atoms with Crippen LogP contribution in [-0.2, 0) is 21.3 Å². The summed E-state index contributed by atoms with van der Waals surface area (Å²) in [6.07, 6.45) is 1.65. The number of fused-ring (bicyclic) bond motifs is 1. The van der Waals surface area contributed by atoms with E-state index in [2.05, 4.69) is 14.7 Å². The van der Waals surface area contributed by atoms with Crippen molar-refractivity contribution in [2.24, 2.45) is 0 Å². The van der Waals surface area contributed by atoms with Gasteiger partial charge in [-0.15, -0.1) is 0 Å². The lowest BCUT2D eigenvalue weighted by molar-refractivity contribution is 0.122. The van der Waals surface area contributed by atoms with Gasteiger partial charge >= 0.3 is 0 Å². The Morgan fingerprint density at radius 1 is 1.04 bits per heavy atom. The van der Waals surface area contributed by atoms with Crippen LogP contribution in [0, 0.1) is 0 Å². The van der Waals surface area contributed by atoms with Crippen molar-refractivity contribution in [1.82, 2.24) is 14.7 Å². The van der Waals surface area contributed by atoms with E-state index in [4.69, 9.17) is 4.74 Å². The van der Waals surface area contributed by atoms with Crippen LogP contribution < -0.4 is 9.62 Å². The first-order valence-electron chi connectivity index (χ1n) is 8.75. The number of benzene rings is 2. The molecule has 27 heavy (non-hydrogen) atoms. The van der Waals surface area contributed by atoms with Crippen LogP contribution in [-0.4, -0.2) is 44.7 Å². The van der Waals surface area contributed by atoms with Crippen molar-refractivity contribution in [2.75, 3.05) is 31.2 Å². The van der Waals surface area contributed by atoms with Gasteiger partial charge in [-0.25, -0.2) is 23.1 Å². The lowest BCUT2D eigenvalue weighted by Crippen LogP contribution is -2.37. The SMILES string of the molecule is O=S(=O)(NCc1ccnc(N2CCOCC2)n1)c1ccc2ccccc2c1. The van der Waals surface area contributed by atoms with Gasteiger partial charge in [-0.2, -0.15) is 0 Å². The second-order valence-electron chi connectivity index (χ2n) is 6.28. The highest BCUT2D eigenvalue weighted by Crippen LogP contribution is 2.19. The molecule has 8 heteroatoms. The highest BCUT2D eigenvalue weighted by Gasteiger charge is 2.17. The highest BCUT2D eigenvalue weighted by atomic mass is 32.2. The van der Waals surface area contributed by atoms with Gasteiger partial charge in [-0.1, -0.05) is 30.3 Å². The topological polar surface area (TPSA) is 84.4 Å². The van der Waals surface area contributed by atoms with Gasteiger partial charge in [0.15, 0.2) is 0 Å². The molecular weight excluding hydrogens is 364 g/mol. The van der Waals surface area contributed by atoms with Gasteiger partial charge in [0, 0.05) is 19.3 Å². The molecule has 0 saturated carbocycles. The van der Waals surface area contributed by atoms with Crippen molar-refractivity contribution in [1.29, 1.82) is 0 Å². The van der Waals surface area contributed by atoms with Gasteiger partial charge < -0.3 is 9.64 Å². The van der Waals surface area contributed by atoms with Crippen LogP contribution in [0.5, 0.6) is 0 Å². The van der Waals surface area contributed by atoms with Crippen molar-refractivity contribution in [3.63, 3.8) is 0 Å². The molecule has 1 aliphatic rings. The molecule has 1 N–H and O–H groups in total. The van der Waals surface area contributed by atoms with E-state index < -0.39 is 10.0 Å². The van der Waals surface area contributed by atoms with Crippen LogP contribution in [0.3, 0.4) is 0 Å². The summed E-state index contributed by atoms with van der Waals surface area (Å²) in [6, 6.07) is 14.5. The Morgan fingerprint density at radius 2 is 1.81 bits per heavy atom. The van der Waals surface area contributed by atoms with Gasteiger partial charge in [0.05, 0.1) is 30.3 Å². The second kappa shape index (κ2) is 7.59. The molecule has 2 aromatic carbocycles. The molecule has 0 aliphatic carbocycles. The maximum atomic E-state index is 12.7. The van der Waals surface area contributed by atoms with E-state index in [-0.39, 0.29) is 11.4 Å². The second-order valence-corrected chi connectivity index (χ2v) is 8.05. The van der Waals surface area contributed by atoms with Crippen molar-refractivity contribution < 1.29 is 13.2 Å². The Labute approximate surface area is 158 Å². The number of hydrogen-bond donors (Lipinski definition) is 1. The minimum absolute atomic E-state index is 0.106. The van der Waals surface area contributed by atoms with Crippen molar-refractivity contribution >= 4 is 26.7 Å². The third kappa shape index (κ3) is 4.08. The van der Waals surface area contributed by atoms with Gasteiger partial charge in [0.1, 0.15) is 0 Å². The maximum absolute atomic E-state index is 12.7. The van der Waals surface area contributed by atoms with Gasteiger partial charge in [-0.3, -0.25) is 0 Å². The van der Waals surface area contributed by atoms with Crippen LogP contribution in [0.15, 0.2) is 59.6 Å². The Kier molecular flexibility index (Phi) is 5.02. The summed E-state index contributed by atoms with van der Waals surface area (Å²) < 4.78 is 33.3. The Balaban J connectivity index is 1.49. The average Bonchev–Trinajstić information content (AvgIpc) is 2.73. The van der Waals surface area contributed by atoms with Gasteiger partial charge in [0.25, 0.3) is 0 Å². The molecule has 1 aliphatic heterocycles. The van der Waals surface area contributed by atoms with E-state index in [0.29, 0.717) is 24.9 Å². The summed E-state index contributed by atoms with van der Waals surface area (Å²) in [4.78, 5) is 11.0. The standard InChI is InChI=1S/C19H20N4O3S/c24-27(25,18-6-5-15-3-1-2-4-16(15)13-18)21-14-17-7-8-20-19(22-17)23-9-11-26-12-10-23/h1-8,13,21H,9-12,14H2. The molecule has 0 unspecified atom stereocenters. The Morgan fingerprint density at radius 3 is 2.63 bits per heavy atom. The molecular formula is C19H20N4O3S. The largest absolute Gasteiger partial charge is 0.378 e. The van der Waals surface area contributed by atoms with E-state index in [1.54, 1.807) is 24.4 Å². The molecule has 140 valence electrons. The number of hydrogen-bond acceptors (Lipinski definition) is 6. The number of rotatable bonds is 5. The first-order chi connectivity index (χ1) is 13.1. The molecule has 0 spiro atoms.